The van der Waals surface area contributed by atoms with Gasteiger partial charge in [0.05, 0.1) is 11.2 Å². The molecular weight excluding hydrogens is 332 g/mol. The Morgan fingerprint density at radius 2 is 1.92 bits per heavy atom. The second-order valence-corrected chi connectivity index (χ2v) is 11.3. The van der Waals surface area contributed by atoms with Crippen molar-refractivity contribution in [1.82, 2.24) is 0 Å². The maximum atomic E-state index is 5.94. The van der Waals surface area contributed by atoms with Crippen LogP contribution in [0.4, 0.5) is 0 Å². The van der Waals surface area contributed by atoms with Crippen molar-refractivity contribution in [2.24, 2.45) is 5.92 Å². The molecule has 2 atom stereocenters. The van der Waals surface area contributed by atoms with Crippen LogP contribution >= 0.6 is 23.5 Å². The van der Waals surface area contributed by atoms with Gasteiger partial charge in [-0.1, -0.05) is 39.3 Å². The highest BCUT2D eigenvalue weighted by Gasteiger charge is 2.56. The van der Waals surface area contributed by atoms with Crippen molar-refractivity contribution in [3.05, 3.63) is 28.8 Å². The molecule has 24 heavy (non-hydrogen) atoms. The fourth-order valence-corrected chi connectivity index (χ4v) is 9.55. The van der Waals surface area contributed by atoms with E-state index in [9.17, 15) is 0 Å². The SMILES string of the molecule is COc1c(C(C)C)ccc2c1CCC1C3(CCCC21C)SCCS3. The minimum Gasteiger partial charge on any atom is -0.496 e. The number of hydrogen-bond donors (Lipinski definition) is 0. The molecule has 1 aromatic carbocycles. The van der Waals surface area contributed by atoms with Crippen LogP contribution in [0.3, 0.4) is 0 Å². The van der Waals surface area contributed by atoms with Gasteiger partial charge in [0.2, 0.25) is 0 Å². The second-order valence-electron chi connectivity index (χ2n) is 8.24. The van der Waals surface area contributed by atoms with E-state index in [0.29, 0.717) is 15.4 Å². The molecule has 2 aliphatic carbocycles. The summed E-state index contributed by atoms with van der Waals surface area (Å²) < 4.78 is 6.43. The van der Waals surface area contributed by atoms with E-state index >= 15 is 0 Å². The Bertz CT molecular complexity index is 633. The molecular formula is C21H30OS2. The van der Waals surface area contributed by atoms with E-state index in [1.54, 1.807) is 5.56 Å². The number of thioether (sulfide) groups is 2. The molecule has 1 spiro atoms. The van der Waals surface area contributed by atoms with Gasteiger partial charge in [0.1, 0.15) is 5.75 Å². The average Bonchev–Trinajstić information content (AvgIpc) is 3.02. The Balaban J connectivity index is 1.83. The lowest BCUT2D eigenvalue weighted by molar-refractivity contribution is 0.171. The van der Waals surface area contributed by atoms with Crippen LogP contribution in [-0.2, 0) is 11.8 Å². The van der Waals surface area contributed by atoms with Crippen LogP contribution < -0.4 is 4.74 Å². The van der Waals surface area contributed by atoms with Crippen LogP contribution in [0, 0.1) is 5.92 Å². The molecule has 132 valence electrons. The van der Waals surface area contributed by atoms with Gasteiger partial charge in [-0.05, 0) is 59.6 Å². The summed E-state index contributed by atoms with van der Waals surface area (Å²) in [5, 5.41) is 0. The molecule has 1 saturated carbocycles. The van der Waals surface area contributed by atoms with Crippen molar-refractivity contribution < 1.29 is 4.74 Å². The minimum absolute atomic E-state index is 0.332. The first-order chi connectivity index (χ1) is 11.5. The lowest BCUT2D eigenvalue weighted by atomic mass is 9.57. The smallest absolute Gasteiger partial charge is 0.125 e. The van der Waals surface area contributed by atoms with Gasteiger partial charge in [0.15, 0.2) is 0 Å². The van der Waals surface area contributed by atoms with Gasteiger partial charge in [0.25, 0.3) is 0 Å². The molecule has 4 rings (SSSR count). The van der Waals surface area contributed by atoms with E-state index in [1.807, 2.05) is 7.11 Å². The van der Waals surface area contributed by atoms with Crippen molar-refractivity contribution in [2.45, 2.75) is 68.3 Å². The molecule has 2 unspecified atom stereocenters. The lowest BCUT2D eigenvalue weighted by Gasteiger charge is -2.54. The van der Waals surface area contributed by atoms with E-state index in [4.69, 9.17) is 4.74 Å². The predicted octanol–water partition coefficient (Wildman–Crippen LogP) is 6.00. The zero-order chi connectivity index (χ0) is 16.9. The van der Waals surface area contributed by atoms with Gasteiger partial charge in [0, 0.05) is 11.5 Å². The first-order valence-electron chi connectivity index (χ1n) is 9.50. The van der Waals surface area contributed by atoms with Crippen LogP contribution in [0.25, 0.3) is 0 Å². The molecule has 0 aromatic heterocycles. The van der Waals surface area contributed by atoms with Crippen molar-refractivity contribution in [3.63, 3.8) is 0 Å². The fourth-order valence-electron chi connectivity index (χ4n) is 5.63. The summed E-state index contributed by atoms with van der Waals surface area (Å²) >= 11 is 4.55. The first kappa shape index (κ1) is 17.1. The van der Waals surface area contributed by atoms with E-state index in [-0.39, 0.29) is 0 Å². The zero-order valence-electron chi connectivity index (χ0n) is 15.5. The molecule has 1 heterocycles. The van der Waals surface area contributed by atoms with E-state index in [1.165, 1.54) is 60.5 Å². The Hall–Kier alpha value is -0.280. The molecule has 3 heteroatoms. The fraction of sp³-hybridized carbons (Fsp3) is 0.714. The molecule has 1 saturated heterocycles. The third-order valence-electron chi connectivity index (χ3n) is 6.71. The van der Waals surface area contributed by atoms with Crippen LogP contribution in [0.1, 0.15) is 69.1 Å². The van der Waals surface area contributed by atoms with E-state index < -0.39 is 0 Å². The molecule has 2 fully saturated rings. The largest absolute Gasteiger partial charge is 0.496 e. The summed E-state index contributed by atoms with van der Waals surface area (Å²) in [7, 11) is 1.86. The van der Waals surface area contributed by atoms with Gasteiger partial charge in [-0.25, -0.2) is 0 Å². The Morgan fingerprint density at radius 3 is 2.58 bits per heavy atom. The van der Waals surface area contributed by atoms with Gasteiger partial charge < -0.3 is 4.74 Å². The zero-order valence-corrected chi connectivity index (χ0v) is 17.1. The molecule has 0 N–H and O–H groups in total. The Kier molecular flexibility index (Phi) is 4.40. The summed E-state index contributed by atoms with van der Waals surface area (Å²) in [5.74, 6) is 5.22. The number of hydrogen-bond acceptors (Lipinski definition) is 3. The molecule has 0 amide bonds. The molecule has 1 aliphatic heterocycles. The van der Waals surface area contributed by atoms with E-state index in [0.717, 1.165) is 5.92 Å². The van der Waals surface area contributed by atoms with Crippen LogP contribution in [0.15, 0.2) is 12.1 Å². The topological polar surface area (TPSA) is 9.23 Å². The molecule has 1 aromatic rings. The highest BCUT2D eigenvalue weighted by molar-refractivity contribution is 8.21. The third kappa shape index (κ3) is 2.37. The van der Waals surface area contributed by atoms with E-state index in [2.05, 4.69) is 56.4 Å². The number of ether oxygens (including phenoxy) is 1. The summed E-state index contributed by atoms with van der Waals surface area (Å²) in [5.41, 5.74) is 4.84. The van der Waals surface area contributed by atoms with Gasteiger partial charge in [-0.2, -0.15) is 0 Å². The summed E-state index contributed by atoms with van der Waals surface area (Å²) in [6.45, 7) is 7.11. The third-order valence-corrected chi connectivity index (χ3v) is 10.4. The summed E-state index contributed by atoms with van der Waals surface area (Å²) in [6, 6.07) is 4.81. The summed E-state index contributed by atoms with van der Waals surface area (Å²) in [4.78, 5) is 0. The number of benzene rings is 1. The van der Waals surface area contributed by atoms with Crippen molar-refractivity contribution in [2.75, 3.05) is 18.6 Å². The molecule has 3 aliphatic rings. The maximum absolute atomic E-state index is 5.94. The molecule has 1 nitrogen and oxygen atoms in total. The lowest BCUT2D eigenvalue weighted by Crippen LogP contribution is -2.50. The highest BCUT2D eigenvalue weighted by atomic mass is 32.2. The first-order valence-corrected chi connectivity index (χ1v) is 11.5. The monoisotopic (exact) mass is 362 g/mol. The standard InChI is InChI=1S/C21H30OS2/c1-14(2)15-6-8-17-16(19(15)22-4)7-9-18-20(17,3)10-5-11-21(18)23-12-13-24-21/h6,8,14,18H,5,7,9-13H2,1-4H3. The van der Waals surface area contributed by atoms with Gasteiger partial charge >= 0.3 is 0 Å². The highest BCUT2D eigenvalue weighted by Crippen LogP contribution is 2.65. The number of fused-ring (bicyclic) bond motifs is 4. The number of rotatable bonds is 2. The van der Waals surface area contributed by atoms with Gasteiger partial charge in [-0.3, -0.25) is 0 Å². The van der Waals surface area contributed by atoms with Crippen molar-refractivity contribution in [3.8, 4) is 5.75 Å². The van der Waals surface area contributed by atoms with Crippen LogP contribution in [-0.4, -0.2) is 22.7 Å². The second kappa shape index (κ2) is 6.16. The maximum Gasteiger partial charge on any atom is 0.125 e. The van der Waals surface area contributed by atoms with Crippen LogP contribution in [0.2, 0.25) is 0 Å². The van der Waals surface area contributed by atoms with Crippen LogP contribution in [0.5, 0.6) is 5.75 Å². The van der Waals surface area contributed by atoms with Crippen molar-refractivity contribution >= 4 is 23.5 Å². The summed E-state index contributed by atoms with van der Waals surface area (Å²) in [6.07, 6.45) is 6.67. The molecule has 0 bridgehead atoms. The Morgan fingerprint density at radius 1 is 1.17 bits per heavy atom. The number of methoxy groups -OCH3 is 1. The normalized spacial score (nSPS) is 31.1. The molecule has 0 radical (unpaired) electrons. The van der Waals surface area contributed by atoms with Crippen molar-refractivity contribution in [1.29, 1.82) is 0 Å². The van der Waals surface area contributed by atoms with Gasteiger partial charge in [-0.15, -0.1) is 23.5 Å². The average molecular weight is 363 g/mol. The Labute approximate surface area is 155 Å². The quantitative estimate of drug-likeness (QED) is 0.638. The minimum atomic E-state index is 0.332. The predicted molar refractivity (Wildman–Crippen MR) is 108 cm³/mol.